The fraction of sp³-hybridized carbons (Fsp3) is 0.269. The number of hydrogen-bond donors (Lipinski definition) is 1. The molecule has 0 radical (unpaired) electrons. The quantitative estimate of drug-likeness (QED) is 0.483. The van der Waals surface area contributed by atoms with Gasteiger partial charge in [-0.05, 0) is 73.2 Å². The molecule has 0 saturated carbocycles. The number of hydrogen-bond acceptors (Lipinski definition) is 4. The molecule has 0 bridgehead atoms. The van der Waals surface area contributed by atoms with Crippen molar-refractivity contribution in [2.75, 3.05) is 25.5 Å². The lowest BCUT2D eigenvalue weighted by atomic mass is 9.91. The van der Waals surface area contributed by atoms with E-state index < -0.39 is 10.0 Å². The molecule has 1 fully saturated rings. The zero-order valence-electron chi connectivity index (χ0n) is 18.9. The maximum absolute atomic E-state index is 13.4. The maximum Gasteiger partial charge on any atom is 0.255 e. The Morgan fingerprint density at radius 1 is 1.03 bits per heavy atom. The molecule has 3 aromatic rings. The van der Waals surface area contributed by atoms with E-state index >= 15 is 0 Å². The van der Waals surface area contributed by atoms with Crippen LogP contribution >= 0.6 is 11.6 Å². The number of anilines is 1. The van der Waals surface area contributed by atoms with Crippen molar-refractivity contribution in [2.24, 2.45) is 5.92 Å². The van der Waals surface area contributed by atoms with E-state index in [2.05, 4.69) is 17.4 Å². The molecule has 4 rings (SSSR count). The molecule has 1 amide bonds. The number of halogens is 1. The number of ether oxygens (including phenoxy) is 1. The first-order valence-electron chi connectivity index (χ1n) is 11.2. The number of rotatable bonds is 7. The van der Waals surface area contributed by atoms with Gasteiger partial charge in [-0.25, -0.2) is 8.42 Å². The minimum Gasteiger partial charge on any atom is -0.495 e. The molecule has 0 aliphatic carbocycles. The molecule has 1 N–H and O–H groups in total. The molecule has 0 unspecified atom stereocenters. The minimum absolute atomic E-state index is 0.126. The summed E-state index contributed by atoms with van der Waals surface area (Å²) in [6.45, 7) is 0.941. The third-order valence-corrected chi connectivity index (χ3v) is 8.25. The average Bonchev–Trinajstić information content (AvgIpc) is 2.85. The van der Waals surface area contributed by atoms with Crippen molar-refractivity contribution in [3.05, 3.63) is 88.9 Å². The van der Waals surface area contributed by atoms with E-state index in [1.807, 2.05) is 18.2 Å². The van der Waals surface area contributed by atoms with Gasteiger partial charge in [-0.1, -0.05) is 41.9 Å². The predicted molar refractivity (Wildman–Crippen MR) is 134 cm³/mol. The summed E-state index contributed by atoms with van der Waals surface area (Å²) in [4.78, 5) is 12.8. The number of piperidine rings is 1. The molecule has 1 aliphatic heterocycles. The first-order chi connectivity index (χ1) is 16.4. The van der Waals surface area contributed by atoms with E-state index in [1.54, 1.807) is 30.3 Å². The minimum atomic E-state index is -3.70. The zero-order chi connectivity index (χ0) is 24.1. The van der Waals surface area contributed by atoms with Crippen LogP contribution in [0.1, 0.15) is 28.8 Å². The van der Waals surface area contributed by atoms with Gasteiger partial charge in [0, 0.05) is 23.7 Å². The largest absolute Gasteiger partial charge is 0.495 e. The van der Waals surface area contributed by atoms with E-state index in [9.17, 15) is 13.2 Å². The SMILES string of the molecule is COc1ccc(S(=O)(=O)N2CCC(Cc3ccccc3)CC2)cc1NC(=O)c1ccc(Cl)cc1. The lowest BCUT2D eigenvalue weighted by Gasteiger charge is -2.31. The molecule has 6 nitrogen and oxygen atoms in total. The van der Waals surface area contributed by atoms with Crippen LogP contribution in [0.5, 0.6) is 5.75 Å². The highest BCUT2D eigenvalue weighted by atomic mass is 35.5. The molecule has 0 spiro atoms. The van der Waals surface area contributed by atoms with E-state index in [0.717, 1.165) is 19.3 Å². The molecule has 1 saturated heterocycles. The predicted octanol–water partition coefficient (Wildman–Crippen LogP) is 5.24. The summed E-state index contributed by atoms with van der Waals surface area (Å²) in [6.07, 6.45) is 2.58. The van der Waals surface area contributed by atoms with Gasteiger partial charge < -0.3 is 10.1 Å². The van der Waals surface area contributed by atoms with Crippen LogP contribution in [-0.4, -0.2) is 38.8 Å². The van der Waals surface area contributed by atoms with Gasteiger partial charge in [0.25, 0.3) is 5.91 Å². The molecular formula is C26H27ClN2O4S. The second-order valence-electron chi connectivity index (χ2n) is 8.36. The van der Waals surface area contributed by atoms with Gasteiger partial charge in [0.15, 0.2) is 0 Å². The van der Waals surface area contributed by atoms with Crippen molar-refractivity contribution in [1.29, 1.82) is 0 Å². The molecule has 8 heteroatoms. The number of benzene rings is 3. The van der Waals surface area contributed by atoms with Gasteiger partial charge in [-0.3, -0.25) is 4.79 Å². The van der Waals surface area contributed by atoms with Gasteiger partial charge in [0.1, 0.15) is 5.75 Å². The second kappa shape index (κ2) is 10.6. The first kappa shape index (κ1) is 24.3. The van der Waals surface area contributed by atoms with Crippen molar-refractivity contribution < 1.29 is 17.9 Å². The van der Waals surface area contributed by atoms with E-state index in [4.69, 9.17) is 16.3 Å². The Morgan fingerprint density at radius 2 is 1.71 bits per heavy atom. The highest BCUT2D eigenvalue weighted by molar-refractivity contribution is 7.89. The lowest BCUT2D eigenvalue weighted by Crippen LogP contribution is -2.38. The Labute approximate surface area is 205 Å². The van der Waals surface area contributed by atoms with Crippen molar-refractivity contribution in [1.82, 2.24) is 4.31 Å². The Morgan fingerprint density at radius 3 is 2.35 bits per heavy atom. The molecule has 34 heavy (non-hydrogen) atoms. The average molecular weight is 499 g/mol. The molecule has 0 aromatic heterocycles. The number of sulfonamides is 1. The van der Waals surface area contributed by atoms with Crippen LogP contribution in [0, 0.1) is 5.92 Å². The molecule has 3 aromatic carbocycles. The van der Waals surface area contributed by atoms with Crippen LogP contribution in [-0.2, 0) is 16.4 Å². The second-order valence-corrected chi connectivity index (χ2v) is 10.7. The van der Waals surface area contributed by atoms with E-state index in [-0.39, 0.29) is 10.8 Å². The summed E-state index contributed by atoms with van der Waals surface area (Å²) in [5.74, 6) is 0.452. The highest BCUT2D eigenvalue weighted by Gasteiger charge is 2.30. The topological polar surface area (TPSA) is 75.7 Å². The molecule has 0 atom stereocenters. The third-order valence-electron chi connectivity index (χ3n) is 6.10. The number of methoxy groups -OCH3 is 1. The maximum atomic E-state index is 13.4. The summed E-state index contributed by atoms with van der Waals surface area (Å²) < 4.78 is 33.6. The van der Waals surface area contributed by atoms with Crippen LogP contribution < -0.4 is 10.1 Å². The molecule has 1 aliphatic rings. The van der Waals surface area contributed by atoms with Gasteiger partial charge >= 0.3 is 0 Å². The smallest absolute Gasteiger partial charge is 0.255 e. The van der Waals surface area contributed by atoms with Crippen molar-refractivity contribution in [3.8, 4) is 5.75 Å². The van der Waals surface area contributed by atoms with Crippen molar-refractivity contribution in [2.45, 2.75) is 24.2 Å². The number of nitrogens with one attached hydrogen (secondary N) is 1. The summed E-state index contributed by atoms with van der Waals surface area (Å²) >= 11 is 5.90. The number of amides is 1. The van der Waals surface area contributed by atoms with Crippen LogP contribution in [0.2, 0.25) is 5.02 Å². The first-order valence-corrected chi connectivity index (χ1v) is 13.0. The Balaban J connectivity index is 1.47. The Kier molecular flexibility index (Phi) is 7.56. The third kappa shape index (κ3) is 5.60. The molecular weight excluding hydrogens is 472 g/mol. The highest BCUT2D eigenvalue weighted by Crippen LogP contribution is 2.31. The lowest BCUT2D eigenvalue weighted by molar-refractivity contribution is 0.102. The molecule has 1 heterocycles. The Bertz CT molecular complexity index is 1240. The Hall–Kier alpha value is -2.87. The van der Waals surface area contributed by atoms with Crippen molar-refractivity contribution >= 4 is 33.2 Å². The normalized spacial score (nSPS) is 15.1. The monoisotopic (exact) mass is 498 g/mol. The zero-order valence-corrected chi connectivity index (χ0v) is 20.5. The molecule has 178 valence electrons. The number of nitrogens with zero attached hydrogens (tertiary/aromatic N) is 1. The van der Waals surface area contributed by atoms with E-state index in [1.165, 1.54) is 29.1 Å². The van der Waals surface area contributed by atoms with Crippen molar-refractivity contribution in [3.63, 3.8) is 0 Å². The van der Waals surface area contributed by atoms with E-state index in [0.29, 0.717) is 41.0 Å². The van der Waals surface area contributed by atoms with Gasteiger partial charge in [0.05, 0.1) is 17.7 Å². The fourth-order valence-electron chi connectivity index (χ4n) is 4.19. The number of carbonyl (C=O) groups excluding carboxylic acids is 1. The fourth-order valence-corrected chi connectivity index (χ4v) is 5.81. The van der Waals surface area contributed by atoms with Crippen LogP contribution in [0.15, 0.2) is 77.7 Å². The number of carbonyl (C=O) groups is 1. The van der Waals surface area contributed by atoms with Crippen LogP contribution in [0.25, 0.3) is 0 Å². The summed E-state index contributed by atoms with van der Waals surface area (Å²) in [6, 6.07) is 21.3. The van der Waals surface area contributed by atoms with Gasteiger partial charge in [0.2, 0.25) is 10.0 Å². The summed E-state index contributed by atoms with van der Waals surface area (Å²) in [5, 5.41) is 3.28. The van der Waals surface area contributed by atoms with Crippen LogP contribution in [0.4, 0.5) is 5.69 Å². The summed E-state index contributed by atoms with van der Waals surface area (Å²) in [7, 11) is -2.23. The van der Waals surface area contributed by atoms with Crippen LogP contribution in [0.3, 0.4) is 0 Å². The van der Waals surface area contributed by atoms with Gasteiger partial charge in [-0.15, -0.1) is 0 Å². The van der Waals surface area contributed by atoms with Gasteiger partial charge in [-0.2, -0.15) is 4.31 Å². The summed E-state index contributed by atoms with van der Waals surface area (Å²) in [5.41, 5.74) is 1.97. The standard InChI is InChI=1S/C26H27ClN2O4S/c1-33-25-12-11-23(18-24(25)28-26(30)21-7-9-22(27)10-8-21)34(31,32)29-15-13-20(14-16-29)17-19-5-3-2-4-6-19/h2-12,18,20H,13-17H2,1H3,(H,28,30).